The van der Waals surface area contributed by atoms with Crippen LogP contribution in [0.15, 0.2) is 24.3 Å². The Labute approximate surface area is 159 Å². The van der Waals surface area contributed by atoms with Crippen molar-refractivity contribution in [3.05, 3.63) is 35.4 Å². The van der Waals surface area contributed by atoms with E-state index >= 15 is 0 Å². The van der Waals surface area contributed by atoms with E-state index in [0.717, 1.165) is 12.8 Å². The molecule has 4 heteroatoms. The Hall–Kier alpha value is -1.39. The molecular formula is C22H37NO3. The minimum Gasteiger partial charge on any atom is -0.395 e. The van der Waals surface area contributed by atoms with Crippen LogP contribution in [0.25, 0.3) is 0 Å². The van der Waals surface area contributed by atoms with Crippen molar-refractivity contribution in [3.8, 4) is 0 Å². The Kier molecular flexibility index (Phi) is 8.29. The van der Waals surface area contributed by atoms with Gasteiger partial charge in [-0.25, -0.2) is 0 Å². The molecule has 0 aliphatic heterocycles. The molecule has 0 aromatic heterocycles. The summed E-state index contributed by atoms with van der Waals surface area (Å²) in [5.41, 5.74) is 2.27. The van der Waals surface area contributed by atoms with Gasteiger partial charge in [0.2, 0.25) is 0 Å². The summed E-state index contributed by atoms with van der Waals surface area (Å²) in [5.74, 6) is 0.268. The van der Waals surface area contributed by atoms with Crippen LogP contribution in [-0.4, -0.2) is 47.3 Å². The molecule has 0 aliphatic rings. The topological polar surface area (TPSA) is 60.8 Å². The molecule has 0 heterocycles. The maximum Gasteiger partial charge on any atom is 0.254 e. The summed E-state index contributed by atoms with van der Waals surface area (Å²) < 4.78 is 0. The molecule has 0 saturated heterocycles. The lowest BCUT2D eigenvalue weighted by atomic mass is 9.67. The molecule has 1 amide bonds. The van der Waals surface area contributed by atoms with Gasteiger partial charge in [0.25, 0.3) is 5.91 Å². The zero-order valence-electron chi connectivity index (χ0n) is 17.4. The first-order valence-corrected chi connectivity index (χ1v) is 9.66. The number of benzene rings is 1. The Morgan fingerprint density at radius 1 is 1.00 bits per heavy atom. The van der Waals surface area contributed by atoms with Crippen molar-refractivity contribution in [1.82, 2.24) is 4.90 Å². The maximum atomic E-state index is 12.6. The standard InChI is InChI=1S/C22H37NO3/c1-7-22(5,6)19(16-21(2,3)4)17-8-10-18(11-9-17)20(26)23(12-14-24)13-15-25/h8-11,19,24-25H,7,12-16H2,1-6H3. The van der Waals surface area contributed by atoms with E-state index in [4.69, 9.17) is 10.2 Å². The molecular weight excluding hydrogens is 326 g/mol. The highest BCUT2D eigenvalue weighted by atomic mass is 16.3. The van der Waals surface area contributed by atoms with Crippen LogP contribution in [0.3, 0.4) is 0 Å². The van der Waals surface area contributed by atoms with E-state index in [1.54, 1.807) is 0 Å². The average Bonchev–Trinajstić information content (AvgIpc) is 2.58. The third-order valence-electron chi connectivity index (χ3n) is 5.26. The Morgan fingerprint density at radius 2 is 1.50 bits per heavy atom. The molecule has 2 N–H and O–H groups in total. The van der Waals surface area contributed by atoms with Crippen LogP contribution < -0.4 is 0 Å². The van der Waals surface area contributed by atoms with Gasteiger partial charge in [-0.15, -0.1) is 0 Å². The predicted octanol–water partition coefficient (Wildman–Crippen LogP) is 4.07. The van der Waals surface area contributed by atoms with Crippen LogP contribution in [-0.2, 0) is 0 Å². The largest absolute Gasteiger partial charge is 0.395 e. The van der Waals surface area contributed by atoms with Gasteiger partial charge < -0.3 is 15.1 Å². The summed E-state index contributed by atoms with van der Waals surface area (Å²) in [6, 6.07) is 7.88. The molecule has 0 saturated carbocycles. The molecule has 0 aliphatic carbocycles. The van der Waals surface area contributed by atoms with Crippen LogP contribution in [0.5, 0.6) is 0 Å². The van der Waals surface area contributed by atoms with Gasteiger partial charge in [-0.3, -0.25) is 4.79 Å². The zero-order valence-corrected chi connectivity index (χ0v) is 17.4. The van der Waals surface area contributed by atoms with Crippen molar-refractivity contribution in [3.63, 3.8) is 0 Å². The second-order valence-corrected chi connectivity index (χ2v) is 9.02. The molecule has 148 valence electrons. The summed E-state index contributed by atoms with van der Waals surface area (Å²) in [6.07, 6.45) is 2.18. The molecule has 1 rings (SSSR count). The number of rotatable bonds is 9. The fourth-order valence-electron chi connectivity index (χ4n) is 3.30. The smallest absolute Gasteiger partial charge is 0.254 e. The van der Waals surface area contributed by atoms with Crippen LogP contribution >= 0.6 is 0 Å². The summed E-state index contributed by atoms with van der Waals surface area (Å²) in [4.78, 5) is 14.1. The predicted molar refractivity (Wildman–Crippen MR) is 107 cm³/mol. The Bertz CT molecular complexity index is 552. The number of aliphatic hydroxyl groups excluding tert-OH is 2. The summed E-state index contributed by atoms with van der Waals surface area (Å²) in [6.45, 7) is 13.9. The first-order valence-electron chi connectivity index (χ1n) is 9.66. The van der Waals surface area contributed by atoms with Gasteiger partial charge in [0.1, 0.15) is 0 Å². The van der Waals surface area contributed by atoms with E-state index in [1.807, 2.05) is 12.1 Å². The van der Waals surface area contributed by atoms with E-state index in [2.05, 4.69) is 53.7 Å². The summed E-state index contributed by atoms with van der Waals surface area (Å²) in [5, 5.41) is 18.3. The SMILES string of the molecule is CCC(C)(C)C(CC(C)(C)C)c1ccc(C(=O)N(CCO)CCO)cc1. The van der Waals surface area contributed by atoms with Crippen molar-refractivity contribution in [2.75, 3.05) is 26.3 Å². The molecule has 1 atom stereocenters. The van der Waals surface area contributed by atoms with Crippen molar-refractivity contribution >= 4 is 5.91 Å². The van der Waals surface area contributed by atoms with Gasteiger partial charge in [0.15, 0.2) is 0 Å². The normalized spacial score (nSPS) is 13.5. The van der Waals surface area contributed by atoms with E-state index in [-0.39, 0.29) is 43.0 Å². The number of hydrogen-bond donors (Lipinski definition) is 2. The molecule has 26 heavy (non-hydrogen) atoms. The second kappa shape index (κ2) is 9.52. The Morgan fingerprint density at radius 3 is 1.88 bits per heavy atom. The minimum absolute atomic E-state index is 0.109. The van der Waals surface area contributed by atoms with Gasteiger partial charge in [0.05, 0.1) is 13.2 Å². The van der Waals surface area contributed by atoms with E-state index in [9.17, 15) is 4.79 Å². The van der Waals surface area contributed by atoms with E-state index in [0.29, 0.717) is 11.5 Å². The number of carbonyl (C=O) groups excluding carboxylic acids is 1. The Balaban J connectivity index is 3.09. The molecule has 0 spiro atoms. The fourth-order valence-corrected chi connectivity index (χ4v) is 3.30. The molecule has 1 aromatic carbocycles. The highest BCUT2D eigenvalue weighted by molar-refractivity contribution is 5.94. The molecule has 0 fully saturated rings. The number of hydrogen-bond acceptors (Lipinski definition) is 3. The van der Waals surface area contributed by atoms with Crippen molar-refractivity contribution in [2.45, 2.75) is 60.3 Å². The molecule has 0 bridgehead atoms. The molecule has 0 radical (unpaired) electrons. The fraction of sp³-hybridized carbons (Fsp3) is 0.682. The second-order valence-electron chi connectivity index (χ2n) is 9.02. The average molecular weight is 364 g/mol. The molecule has 1 unspecified atom stereocenters. The monoisotopic (exact) mass is 363 g/mol. The van der Waals surface area contributed by atoms with Crippen LogP contribution in [0, 0.1) is 10.8 Å². The van der Waals surface area contributed by atoms with Crippen molar-refractivity contribution < 1.29 is 15.0 Å². The number of carbonyl (C=O) groups is 1. The van der Waals surface area contributed by atoms with Gasteiger partial charge in [-0.1, -0.05) is 60.1 Å². The minimum atomic E-state index is -0.151. The first kappa shape index (κ1) is 22.7. The molecule has 4 nitrogen and oxygen atoms in total. The summed E-state index contributed by atoms with van der Waals surface area (Å²) in [7, 11) is 0. The maximum absolute atomic E-state index is 12.6. The van der Waals surface area contributed by atoms with Crippen LogP contribution in [0.1, 0.15) is 76.2 Å². The number of nitrogens with zero attached hydrogens (tertiary/aromatic N) is 1. The van der Waals surface area contributed by atoms with Gasteiger partial charge in [-0.05, 0) is 40.9 Å². The highest BCUT2D eigenvalue weighted by Crippen LogP contribution is 2.45. The number of amides is 1. The van der Waals surface area contributed by atoms with Crippen LogP contribution in [0.4, 0.5) is 0 Å². The lowest BCUT2D eigenvalue weighted by molar-refractivity contribution is 0.0685. The van der Waals surface area contributed by atoms with E-state index in [1.165, 1.54) is 10.5 Å². The highest BCUT2D eigenvalue weighted by Gasteiger charge is 2.32. The van der Waals surface area contributed by atoms with Gasteiger partial charge in [0, 0.05) is 18.7 Å². The zero-order chi connectivity index (χ0) is 20.0. The van der Waals surface area contributed by atoms with Gasteiger partial charge in [-0.2, -0.15) is 0 Å². The lowest BCUT2D eigenvalue weighted by Gasteiger charge is -2.38. The number of aliphatic hydroxyl groups is 2. The molecule has 1 aromatic rings. The van der Waals surface area contributed by atoms with Crippen molar-refractivity contribution in [2.24, 2.45) is 10.8 Å². The van der Waals surface area contributed by atoms with Gasteiger partial charge >= 0.3 is 0 Å². The van der Waals surface area contributed by atoms with E-state index < -0.39 is 0 Å². The van der Waals surface area contributed by atoms with Crippen molar-refractivity contribution in [1.29, 1.82) is 0 Å². The quantitative estimate of drug-likeness (QED) is 0.695. The summed E-state index contributed by atoms with van der Waals surface area (Å²) >= 11 is 0. The van der Waals surface area contributed by atoms with Crippen LogP contribution in [0.2, 0.25) is 0 Å². The third kappa shape index (κ3) is 6.40. The lowest BCUT2D eigenvalue weighted by Crippen LogP contribution is -2.35. The first-order chi connectivity index (χ1) is 12.1. The third-order valence-corrected chi connectivity index (χ3v) is 5.26.